The highest BCUT2D eigenvalue weighted by atomic mass is 32.1. The molecule has 3 heteroatoms. The van der Waals surface area contributed by atoms with Crippen LogP contribution in [0.1, 0.15) is 66.0 Å². The van der Waals surface area contributed by atoms with Gasteiger partial charge < -0.3 is 9.47 Å². The fourth-order valence-electron chi connectivity index (χ4n) is 9.47. The lowest BCUT2D eigenvalue weighted by molar-refractivity contribution is 0.660. The molecule has 0 aliphatic heterocycles. The summed E-state index contributed by atoms with van der Waals surface area (Å²) in [6.45, 7) is 17.7. The first-order valence-corrected chi connectivity index (χ1v) is 21.0. The molecule has 10 rings (SSSR count). The van der Waals surface area contributed by atoms with Crippen molar-refractivity contribution in [2.75, 3.05) is 4.90 Å². The van der Waals surface area contributed by atoms with Gasteiger partial charge in [0, 0.05) is 59.2 Å². The minimum atomic E-state index is -0.252. The molecule has 0 fully saturated rings. The minimum Gasteiger partial charge on any atom is -0.310 e. The number of aromatic nitrogens is 1. The molecule has 278 valence electrons. The van der Waals surface area contributed by atoms with Crippen molar-refractivity contribution in [2.24, 2.45) is 0 Å². The summed E-state index contributed by atoms with van der Waals surface area (Å²) < 4.78 is 3.78. The van der Waals surface area contributed by atoms with Crippen LogP contribution in [-0.4, -0.2) is 4.57 Å². The molecule has 2 aromatic heterocycles. The molecule has 0 bridgehead atoms. The lowest BCUT2D eigenvalue weighted by atomic mass is 9.81. The molecule has 1 aliphatic carbocycles. The molecular formula is C54H46N2S. The molecule has 1 aliphatic rings. The Labute approximate surface area is 339 Å². The first kappa shape index (κ1) is 35.3. The Morgan fingerprint density at radius 1 is 0.667 bits per heavy atom. The molecule has 2 nitrogen and oxygen atoms in total. The molecule has 0 saturated carbocycles. The van der Waals surface area contributed by atoms with Gasteiger partial charge in [0.05, 0.1) is 16.7 Å². The molecule has 0 amide bonds. The van der Waals surface area contributed by atoms with Gasteiger partial charge in [-0.1, -0.05) is 111 Å². The van der Waals surface area contributed by atoms with E-state index in [1.165, 1.54) is 97.7 Å². The summed E-state index contributed by atoms with van der Waals surface area (Å²) in [5.74, 6) is 0. The van der Waals surface area contributed by atoms with Gasteiger partial charge in [-0.3, -0.25) is 0 Å². The number of hydrogen-bond donors (Lipinski definition) is 0. The molecule has 7 aromatic carbocycles. The van der Waals surface area contributed by atoms with E-state index in [9.17, 15) is 0 Å². The van der Waals surface area contributed by atoms with Crippen LogP contribution >= 0.6 is 11.3 Å². The number of anilines is 3. The third-order valence-electron chi connectivity index (χ3n) is 12.3. The summed E-state index contributed by atoms with van der Waals surface area (Å²) in [5.41, 5.74) is 17.4. The molecular weight excluding hydrogens is 709 g/mol. The molecule has 0 spiro atoms. The van der Waals surface area contributed by atoms with Crippen molar-refractivity contribution in [3.8, 4) is 16.8 Å². The third kappa shape index (κ3) is 5.36. The van der Waals surface area contributed by atoms with Crippen molar-refractivity contribution in [1.82, 2.24) is 4.57 Å². The number of nitrogens with zero attached hydrogens (tertiary/aromatic N) is 2. The van der Waals surface area contributed by atoms with E-state index in [0.717, 1.165) is 23.5 Å². The van der Waals surface area contributed by atoms with Crippen molar-refractivity contribution in [3.05, 3.63) is 178 Å². The molecule has 0 saturated heterocycles. The average Bonchev–Trinajstić information content (AvgIpc) is 3.82. The normalized spacial score (nSPS) is 13.3. The average molecular weight is 755 g/mol. The van der Waals surface area contributed by atoms with Gasteiger partial charge in [0.15, 0.2) is 0 Å². The van der Waals surface area contributed by atoms with Crippen LogP contribution in [0.2, 0.25) is 0 Å². The summed E-state index contributed by atoms with van der Waals surface area (Å²) in [7, 11) is 0. The highest BCUT2D eigenvalue weighted by molar-refractivity contribution is 7.20. The van der Waals surface area contributed by atoms with Gasteiger partial charge in [-0.25, -0.2) is 0 Å². The maximum atomic E-state index is 4.14. The van der Waals surface area contributed by atoms with Gasteiger partial charge in [0.25, 0.3) is 0 Å². The van der Waals surface area contributed by atoms with Crippen LogP contribution in [0.5, 0.6) is 0 Å². The van der Waals surface area contributed by atoms with E-state index in [2.05, 4.69) is 197 Å². The van der Waals surface area contributed by atoms with E-state index in [0.29, 0.717) is 0 Å². The summed E-state index contributed by atoms with van der Waals surface area (Å²) in [6.07, 6.45) is 7.34. The van der Waals surface area contributed by atoms with Gasteiger partial charge in [-0.2, -0.15) is 0 Å². The quantitative estimate of drug-likeness (QED) is 0.157. The van der Waals surface area contributed by atoms with Crippen LogP contribution in [0.4, 0.5) is 17.1 Å². The Balaban J connectivity index is 1.19. The maximum Gasteiger partial charge on any atom is 0.0544 e. The van der Waals surface area contributed by atoms with Gasteiger partial charge in [-0.15, -0.1) is 11.3 Å². The van der Waals surface area contributed by atoms with Crippen LogP contribution in [0.25, 0.3) is 71.6 Å². The zero-order valence-corrected chi connectivity index (χ0v) is 34.4. The van der Waals surface area contributed by atoms with E-state index >= 15 is 0 Å². The Hall–Kier alpha value is -6.16. The summed E-state index contributed by atoms with van der Waals surface area (Å²) in [5, 5.41) is 6.42. The van der Waals surface area contributed by atoms with Crippen molar-refractivity contribution in [3.63, 3.8) is 0 Å². The number of fused-ring (bicyclic) bond motifs is 9. The Morgan fingerprint density at radius 2 is 1.32 bits per heavy atom. The second-order valence-corrected chi connectivity index (χ2v) is 17.3. The number of aryl methyl sites for hydroxylation is 3. The highest BCUT2D eigenvalue weighted by Gasteiger charge is 2.38. The Morgan fingerprint density at radius 3 is 1.98 bits per heavy atom. The zero-order valence-electron chi connectivity index (χ0n) is 33.6. The molecule has 0 N–H and O–H groups in total. The van der Waals surface area contributed by atoms with E-state index < -0.39 is 0 Å². The monoisotopic (exact) mass is 754 g/mol. The predicted octanol–water partition coefficient (Wildman–Crippen LogP) is 15.8. The molecule has 2 heterocycles. The van der Waals surface area contributed by atoms with Crippen molar-refractivity contribution in [2.45, 2.75) is 53.4 Å². The van der Waals surface area contributed by atoms with E-state index in [4.69, 9.17) is 0 Å². The number of thiophene rings is 1. The van der Waals surface area contributed by atoms with Gasteiger partial charge in [-0.05, 0) is 133 Å². The largest absolute Gasteiger partial charge is 0.310 e. The van der Waals surface area contributed by atoms with Gasteiger partial charge in [0.2, 0.25) is 0 Å². The van der Waals surface area contributed by atoms with E-state index in [-0.39, 0.29) is 5.41 Å². The minimum absolute atomic E-state index is 0.252. The Kier molecular flexibility index (Phi) is 8.18. The maximum absolute atomic E-state index is 4.14. The lowest BCUT2D eigenvalue weighted by Gasteiger charge is -2.28. The van der Waals surface area contributed by atoms with Crippen LogP contribution in [0.15, 0.2) is 140 Å². The lowest BCUT2D eigenvalue weighted by Crippen LogP contribution is -2.17. The SMILES string of the molecule is C=Cc1sc2ccc(N(c3ccc(CC)cc3)c3ccc4c(c3)C(C)(C)c3cc(-n5c6ccc(C)cc6c6cc(C)ccc65)c5ccccc5c3-4)cc2c1/C=C\C. The van der Waals surface area contributed by atoms with Gasteiger partial charge >= 0.3 is 0 Å². The fourth-order valence-corrected chi connectivity index (χ4v) is 10.5. The second-order valence-electron chi connectivity index (χ2n) is 16.2. The van der Waals surface area contributed by atoms with E-state index in [1.807, 2.05) is 6.08 Å². The molecule has 0 unspecified atom stereocenters. The predicted molar refractivity (Wildman–Crippen MR) is 250 cm³/mol. The van der Waals surface area contributed by atoms with Crippen molar-refractivity contribution >= 4 is 83.2 Å². The summed E-state index contributed by atoms with van der Waals surface area (Å²) in [6, 6.07) is 48.5. The molecule has 9 aromatic rings. The molecule has 57 heavy (non-hydrogen) atoms. The first-order valence-electron chi connectivity index (χ1n) is 20.1. The van der Waals surface area contributed by atoms with Gasteiger partial charge in [0.1, 0.15) is 0 Å². The van der Waals surface area contributed by atoms with Crippen LogP contribution in [0, 0.1) is 13.8 Å². The summed E-state index contributed by atoms with van der Waals surface area (Å²) in [4.78, 5) is 3.64. The topological polar surface area (TPSA) is 8.17 Å². The molecule has 0 radical (unpaired) electrons. The van der Waals surface area contributed by atoms with Crippen LogP contribution < -0.4 is 4.90 Å². The third-order valence-corrected chi connectivity index (χ3v) is 13.5. The van der Waals surface area contributed by atoms with Crippen LogP contribution in [-0.2, 0) is 11.8 Å². The fraction of sp³-hybridized carbons (Fsp3) is 0.148. The second kappa shape index (κ2) is 13.2. The first-order chi connectivity index (χ1) is 27.7. The number of allylic oxidation sites excluding steroid dienone is 1. The summed E-state index contributed by atoms with van der Waals surface area (Å²) >= 11 is 1.80. The Bertz CT molecular complexity index is 3070. The number of benzene rings is 7. The standard InChI is InChI=1S/C54H46N2S/c1-8-13-40-45-30-37(23-27-52(45)57-51(40)10-3)55(36-20-18-35(9-2)19-21-36)38-22-24-42-46(31-38)54(6,7)47-32-50(39-14-11-12-15-41(39)53(42)47)56-48-25-16-33(4)28-43(48)44-29-34(5)17-26-49(44)56/h8,10-32H,3,9H2,1-2,4-7H3/b13-8-. The van der Waals surface area contributed by atoms with E-state index in [1.54, 1.807) is 11.3 Å². The number of rotatable bonds is 7. The number of hydrogen-bond acceptors (Lipinski definition) is 2. The van der Waals surface area contributed by atoms with Crippen molar-refractivity contribution < 1.29 is 0 Å². The molecule has 0 atom stereocenters. The van der Waals surface area contributed by atoms with Crippen LogP contribution in [0.3, 0.4) is 0 Å². The highest BCUT2D eigenvalue weighted by Crippen LogP contribution is 2.54. The van der Waals surface area contributed by atoms with Crippen molar-refractivity contribution in [1.29, 1.82) is 0 Å². The smallest absolute Gasteiger partial charge is 0.0544 e. The zero-order chi connectivity index (χ0) is 39.2.